The molecule has 1 amide bonds. The van der Waals surface area contributed by atoms with Crippen LogP contribution in [0.1, 0.15) is 28.2 Å². The lowest BCUT2D eigenvalue weighted by Gasteiger charge is -2.26. The molecule has 3 nitrogen and oxygen atoms in total. The summed E-state index contributed by atoms with van der Waals surface area (Å²) in [5.74, 6) is 1.63. The average Bonchev–Trinajstić information content (AvgIpc) is 3.18. The average molecular weight is 442 g/mol. The lowest BCUT2D eigenvalue weighted by Crippen LogP contribution is -2.31. The number of hydrogen-bond donors (Lipinski definition) is 0. The van der Waals surface area contributed by atoms with Gasteiger partial charge in [-0.25, -0.2) is 0 Å². The molecule has 4 rings (SSSR count). The number of hydrogen-bond acceptors (Lipinski definition) is 3. The number of amides is 1. The van der Waals surface area contributed by atoms with Crippen molar-refractivity contribution in [2.75, 3.05) is 18.9 Å². The van der Waals surface area contributed by atoms with Crippen molar-refractivity contribution in [2.45, 2.75) is 12.3 Å². The molecule has 0 bridgehead atoms. The smallest absolute Gasteiger partial charge is 0.259 e. The summed E-state index contributed by atoms with van der Waals surface area (Å²) in [6.07, 6.45) is 0. The molecule has 3 aromatic rings. The maximum absolute atomic E-state index is 13.6. The van der Waals surface area contributed by atoms with Gasteiger partial charge in [0.15, 0.2) is 0 Å². The Morgan fingerprint density at radius 1 is 1.15 bits per heavy atom. The highest BCUT2D eigenvalue weighted by Crippen LogP contribution is 2.41. The Balaban J connectivity index is 1.77. The summed E-state index contributed by atoms with van der Waals surface area (Å²) in [5, 5.41) is 2.02. The van der Waals surface area contributed by atoms with E-state index in [9.17, 15) is 4.79 Å². The van der Waals surface area contributed by atoms with Gasteiger partial charge in [-0.05, 0) is 41.5 Å². The summed E-state index contributed by atoms with van der Waals surface area (Å²) in [5.41, 5.74) is 1.81. The van der Waals surface area contributed by atoms with Crippen molar-refractivity contribution in [1.82, 2.24) is 4.90 Å². The molecule has 1 heterocycles. The van der Waals surface area contributed by atoms with E-state index in [4.69, 9.17) is 4.74 Å². The maximum Gasteiger partial charge on any atom is 0.259 e. The normalized spacial score (nSPS) is 16.7. The number of carbonyl (C=O) groups is 1. The Hall–Kier alpha value is -1.98. The number of rotatable bonds is 4. The van der Waals surface area contributed by atoms with E-state index in [1.807, 2.05) is 60.4 Å². The summed E-state index contributed by atoms with van der Waals surface area (Å²) in [4.78, 5) is 15.6. The zero-order valence-electron chi connectivity index (χ0n) is 15.0. The summed E-state index contributed by atoms with van der Waals surface area (Å²) in [6, 6.07) is 20.2. The third-order valence-corrected chi connectivity index (χ3v) is 6.50. The highest BCUT2D eigenvalue weighted by atomic mass is 79.9. The van der Waals surface area contributed by atoms with Crippen molar-refractivity contribution in [3.63, 3.8) is 0 Å². The van der Waals surface area contributed by atoms with E-state index >= 15 is 0 Å². The van der Waals surface area contributed by atoms with Gasteiger partial charge >= 0.3 is 0 Å². The van der Waals surface area contributed by atoms with E-state index < -0.39 is 0 Å². The standard InChI is InChI=1S/C22H20BrNO2S/c1-2-26-19-12-9-15-5-3-4-6-18(15)20(19)21(25)24-13-14-27-22(24)16-7-10-17(23)11-8-16/h3-12,22H,2,13-14H2,1H3. The predicted molar refractivity (Wildman–Crippen MR) is 115 cm³/mol. The summed E-state index contributed by atoms with van der Waals surface area (Å²) in [6.45, 7) is 3.21. The van der Waals surface area contributed by atoms with Crippen LogP contribution in [-0.4, -0.2) is 29.7 Å². The summed E-state index contributed by atoms with van der Waals surface area (Å²) < 4.78 is 6.86. The molecule has 1 aliphatic heterocycles. The van der Waals surface area contributed by atoms with Crippen molar-refractivity contribution in [2.24, 2.45) is 0 Å². The molecule has 138 valence electrons. The molecule has 1 atom stereocenters. The predicted octanol–water partition coefficient (Wildman–Crippen LogP) is 5.89. The van der Waals surface area contributed by atoms with Crippen molar-refractivity contribution < 1.29 is 9.53 Å². The molecular formula is C22H20BrNO2S. The molecule has 0 radical (unpaired) electrons. The van der Waals surface area contributed by atoms with Crippen LogP contribution in [-0.2, 0) is 0 Å². The van der Waals surface area contributed by atoms with Gasteiger partial charge in [0.2, 0.25) is 0 Å². The molecule has 1 fully saturated rings. The van der Waals surface area contributed by atoms with Gasteiger partial charge in [0.1, 0.15) is 11.1 Å². The second kappa shape index (κ2) is 7.95. The van der Waals surface area contributed by atoms with Gasteiger partial charge in [-0.15, -0.1) is 11.8 Å². The van der Waals surface area contributed by atoms with Crippen molar-refractivity contribution in [3.8, 4) is 5.75 Å². The van der Waals surface area contributed by atoms with E-state index in [1.165, 1.54) is 0 Å². The number of ether oxygens (including phenoxy) is 1. The largest absolute Gasteiger partial charge is 0.493 e. The minimum atomic E-state index is 0.0269. The zero-order chi connectivity index (χ0) is 18.8. The van der Waals surface area contributed by atoms with Crippen LogP contribution in [0, 0.1) is 0 Å². The number of thioether (sulfide) groups is 1. The molecule has 0 N–H and O–H groups in total. The van der Waals surface area contributed by atoms with Gasteiger partial charge in [0.05, 0.1) is 12.2 Å². The SMILES string of the molecule is CCOc1ccc2ccccc2c1C(=O)N1CCSC1c1ccc(Br)cc1. The first kappa shape index (κ1) is 18.4. The third kappa shape index (κ3) is 3.58. The van der Waals surface area contributed by atoms with E-state index in [-0.39, 0.29) is 11.3 Å². The third-order valence-electron chi connectivity index (χ3n) is 4.71. The summed E-state index contributed by atoms with van der Waals surface area (Å²) in [7, 11) is 0. The van der Waals surface area contributed by atoms with Gasteiger partial charge in [-0.3, -0.25) is 4.79 Å². The first-order valence-corrected chi connectivity index (χ1v) is 10.9. The van der Waals surface area contributed by atoms with Crippen LogP contribution in [0.5, 0.6) is 5.75 Å². The molecule has 27 heavy (non-hydrogen) atoms. The number of benzene rings is 3. The molecule has 1 aliphatic rings. The Bertz CT molecular complexity index is 974. The molecular weight excluding hydrogens is 422 g/mol. The van der Waals surface area contributed by atoms with Crippen molar-refractivity contribution in [3.05, 3.63) is 76.3 Å². The Kier molecular flexibility index (Phi) is 5.41. The zero-order valence-corrected chi connectivity index (χ0v) is 17.4. The Morgan fingerprint density at radius 3 is 2.70 bits per heavy atom. The molecule has 3 aromatic carbocycles. The van der Waals surface area contributed by atoms with Crippen LogP contribution in [0.2, 0.25) is 0 Å². The van der Waals surface area contributed by atoms with Gasteiger partial charge in [-0.1, -0.05) is 58.4 Å². The number of nitrogens with zero attached hydrogens (tertiary/aromatic N) is 1. The second-order valence-corrected chi connectivity index (χ2v) is 8.47. The Morgan fingerprint density at radius 2 is 1.93 bits per heavy atom. The topological polar surface area (TPSA) is 29.5 Å². The van der Waals surface area contributed by atoms with Crippen LogP contribution in [0.4, 0.5) is 0 Å². The van der Waals surface area contributed by atoms with Crippen molar-refractivity contribution in [1.29, 1.82) is 0 Å². The van der Waals surface area contributed by atoms with Gasteiger partial charge in [0.25, 0.3) is 5.91 Å². The minimum Gasteiger partial charge on any atom is -0.493 e. The second-order valence-electron chi connectivity index (χ2n) is 6.37. The quantitative estimate of drug-likeness (QED) is 0.505. The molecule has 0 aliphatic carbocycles. The fraction of sp³-hybridized carbons (Fsp3) is 0.227. The lowest BCUT2D eigenvalue weighted by atomic mass is 10.0. The molecule has 0 spiro atoms. The van der Waals surface area contributed by atoms with Crippen LogP contribution < -0.4 is 4.74 Å². The van der Waals surface area contributed by atoms with Crippen molar-refractivity contribution >= 4 is 44.4 Å². The maximum atomic E-state index is 13.6. The highest BCUT2D eigenvalue weighted by molar-refractivity contribution is 9.10. The molecule has 0 saturated carbocycles. The van der Waals surface area contributed by atoms with E-state index in [2.05, 4.69) is 28.1 Å². The fourth-order valence-corrected chi connectivity index (χ4v) is 4.99. The minimum absolute atomic E-state index is 0.0269. The van der Waals surface area contributed by atoms with Crippen LogP contribution in [0.3, 0.4) is 0 Å². The number of halogens is 1. The first-order chi connectivity index (χ1) is 13.2. The molecule has 5 heteroatoms. The number of carbonyl (C=O) groups excluding carboxylic acids is 1. The number of fused-ring (bicyclic) bond motifs is 1. The highest BCUT2D eigenvalue weighted by Gasteiger charge is 2.33. The Labute approximate surface area is 171 Å². The van der Waals surface area contributed by atoms with Gasteiger partial charge in [-0.2, -0.15) is 0 Å². The van der Waals surface area contributed by atoms with Gasteiger partial charge in [0, 0.05) is 16.8 Å². The first-order valence-electron chi connectivity index (χ1n) is 9.01. The van der Waals surface area contributed by atoms with Crippen LogP contribution in [0.25, 0.3) is 10.8 Å². The van der Waals surface area contributed by atoms with Crippen LogP contribution >= 0.6 is 27.7 Å². The van der Waals surface area contributed by atoms with E-state index in [0.717, 1.165) is 33.1 Å². The van der Waals surface area contributed by atoms with E-state index in [0.29, 0.717) is 17.9 Å². The fourth-order valence-electron chi connectivity index (χ4n) is 3.47. The summed E-state index contributed by atoms with van der Waals surface area (Å²) >= 11 is 5.29. The van der Waals surface area contributed by atoms with Gasteiger partial charge < -0.3 is 9.64 Å². The van der Waals surface area contributed by atoms with E-state index in [1.54, 1.807) is 11.8 Å². The lowest BCUT2D eigenvalue weighted by molar-refractivity contribution is 0.0758. The molecule has 0 aromatic heterocycles. The molecule has 1 unspecified atom stereocenters. The monoisotopic (exact) mass is 441 g/mol. The molecule has 1 saturated heterocycles. The van der Waals surface area contributed by atoms with Crippen LogP contribution in [0.15, 0.2) is 65.1 Å².